The van der Waals surface area contributed by atoms with E-state index in [4.69, 9.17) is 45.3 Å². The van der Waals surface area contributed by atoms with E-state index < -0.39 is 5.91 Å². The lowest BCUT2D eigenvalue weighted by Gasteiger charge is -2.13. The first-order valence-electron chi connectivity index (χ1n) is 6.23. The number of nitrogen functional groups attached to an aromatic ring is 1. The molecule has 0 aliphatic carbocycles. The molecule has 2 aromatic rings. The van der Waals surface area contributed by atoms with E-state index in [1.165, 1.54) is 19.2 Å². The molecule has 0 radical (unpaired) electrons. The van der Waals surface area contributed by atoms with Crippen LogP contribution in [-0.2, 0) is 0 Å². The molecule has 2 aromatic carbocycles. The molecule has 0 aliphatic rings. The van der Waals surface area contributed by atoms with Gasteiger partial charge in [-0.25, -0.2) is 0 Å². The highest BCUT2D eigenvalue weighted by molar-refractivity contribution is 6.36. The molecule has 3 N–H and O–H groups in total. The largest absolute Gasteiger partial charge is 0.494 e. The molecule has 0 aromatic heterocycles. The van der Waals surface area contributed by atoms with Gasteiger partial charge in [0.1, 0.15) is 5.75 Å². The monoisotopic (exact) mass is 358 g/mol. The van der Waals surface area contributed by atoms with Gasteiger partial charge >= 0.3 is 0 Å². The molecule has 0 heterocycles. The number of rotatable bonds is 3. The standard InChI is InChI=1S/C15H13Cl3N2O2/c1-7-3-12(19)13(6-10(7)17)20-15(21)9-4-8(16)5-11(18)14(9)22-2/h3-6H,19H2,1-2H3,(H,20,21). The maximum atomic E-state index is 12.4. The number of benzene rings is 2. The van der Waals surface area contributed by atoms with Crippen LogP contribution in [0.5, 0.6) is 5.75 Å². The quantitative estimate of drug-likeness (QED) is 0.774. The Kier molecular flexibility index (Phi) is 5.06. The molecule has 0 atom stereocenters. The number of anilines is 2. The number of aryl methyl sites for hydroxylation is 1. The van der Waals surface area contributed by atoms with Crippen molar-refractivity contribution in [1.29, 1.82) is 0 Å². The van der Waals surface area contributed by atoms with Crippen LogP contribution in [0.2, 0.25) is 15.1 Å². The highest BCUT2D eigenvalue weighted by Crippen LogP contribution is 2.33. The number of carbonyl (C=O) groups is 1. The lowest BCUT2D eigenvalue weighted by Crippen LogP contribution is -2.14. The maximum absolute atomic E-state index is 12.4. The Bertz CT molecular complexity index is 748. The first-order chi connectivity index (χ1) is 10.3. The summed E-state index contributed by atoms with van der Waals surface area (Å²) in [6.45, 7) is 1.82. The molecule has 0 spiro atoms. The first kappa shape index (κ1) is 16.7. The average Bonchev–Trinajstić information content (AvgIpc) is 2.43. The molecule has 0 unspecified atom stereocenters. The highest BCUT2D eigenvalue weighted by Gasteiger charge is 2.18. The summed E-state index contributed by atoms with van der Waals surface area (Å²) in [4.78, 5) is 12.4. The fraction of sp³-hybridized carbons (Fsp3) is 0.133. The molecule has 22 heavy (non-hydrogen) atoms. The van der Waals surface area contributed by atoms with Crippen LogP contribution in [-0.4, -0.2) is 13.0 Å². The second-order valence-corrected chi connectivity index (χ2v) is 5.86. The first-order valence-corrected chi connectivity index (χ1v) is 7.37. The van der Waals surface area contributed by atoms with E-state index in [1.807, 2.05) is 6.92 Å². The van der Waals surface area contributed by atoms with Crippen LogP contribution in [0.15, 0.2) is 24.3 Å². The van der Waals surface area contributed by atoms with Crippen molar-refractivity contribution in [3.05, 3.63) is 50.5 Å². The van der Waals surface area contributed by atoms with E-state index in [2.05, 4.69) is 5.32 Å². The van der Waals surface area contributed by atoms with Gasteiger partial charge in [0, 0.05) is 10.0 Å². The summed E-state index contributed by atoms with van der Waals surface area (Å²) < 4.78 is 5.15. The van der Waals surface area contributed by atoms with Gasteiger partial charge in [-0.3, -0.25) is 4.79 Å². The van der Waals surface area contributed by atoms with Crippen LogP contribution in [0.3, 0.4) is 0 Å². The number of methoxy groups -OCH3 is 1. The van der Waals surface area contributed by atoms with Crippen LogP contribution in [0.25, 0.3) is 0 Å². The number of hydrogen-bond acceptors (Lipinski definition) is 3. The summed E-state index contributed by atoms with van der Waals surface area (Å²) in [5.41, 5.74) is 7.72. The molecule has 7 heteroatoms. The minimum absolute atomic E-state index is 0.205. The molecule has 0 bridgehead atoms. The third kappa shape index (κ3) is 3.40. The fourth-order valence-corrected chi connectivity index (χ4v) is 2.67. The lowest BCUT2D eigenvalue weighted by molar-refractivity contribution is 0.102. The molecule has 4 nitrogen and oxygen atoms in total. The van der Waals surface area contributed by atoms with Gasteiger partial charge in [-0.1, -0.05) is 34.8 Å². The molecule has 0 saturated carbocycles. The van der Waals surface area contributed by atoms with E-state index in [0.717, 1.165) is 5.56 Å². The van der Waals surface area contributed by atoms with Crippen molar-refractivity contribution in [1.82, 2.24) is 0 Å². The van der Waals surface area contributed by atoms with Crippen LogP contribution >= 0.6 is 34.8 Å². The fourth-order valence-electron chi connectivity index (χ4n) is 1.94. The Balaban J connectivity index is 2.40. The maximum Gasteiger partial charge on any atom is 0.259 e. The van der Waals surface area contributed by atoms with Crippen LogP contribution < -0.4 is 15.8 Å². The summed E-state index contributed by atoms with van der Waals surface area (Å²) in [7, 11) is 1.42. The Morgan fingerprint density at radius 3 is 2.45 bits per heavy atom. The summed E-state index contributed by atoms with van der Waals surface area (Å²) >= 11 is 18.0. The molecule has 0 saturated heterocycles. The zero-order valence-corrected chi connectivity index (χ0v) is 14.1. The van der Waals surface area contributed by atoms with Crippen LogP contribution in [0, 0.1) is 6.92 Å². The van der Waals surface area contributed by atoms with Crippen molar-refractivity contribution in [3.63, 3.8) is 0 Å². The Hall–Kier alpha value is -1.62. The van der Waals surface area contributed by atoms with Crippen molar-refractivity contribution >= 4 is 52.1 Å². The zero-order chi connectivity index (χ0) is 16.4. The predicted octanol–water partition coefficient (Wildman–Crippen LogP) is 4.80. The minimum atomic E-state index is -0.451. The number of ether oxygens (including phenoxy) is 1. The number of hydrogen-bond donors (Lipinski definition) is 2. The van der Waals surface area contributed by atoms with E-state index in [0.29, 0.717) is 21.4 Å². The molecular formula is C15H13Cl3N2O2. The molecule has 2 rings (SSSR count). The normalized spacial score (nSPS) is 10.4. The van der Waals surface area contributed by atoms with E-state index in [-0.39, 0.29) is 16.3 Å². The van der Waals surface area contributed by atoms with Crippen LogP contribution in [0.1, 0.15) is 15.9 Å². The predicted molar refractivity (Wildman–Crippen MR) is 91.6 cm³/mol. The van der Waals surface area contributed by atoms with E-state index >= 15 is 0 Å². The van der Waals surface area contributed by atoms with Gasteiger partial charge in [-0.05, 0) is 36.8 Å². The van der Waals surface area contributed by atoms with Gasteiger partial charge in [-0.2, -0.15) is 0 Å². The summed E-state index contributed by atoms with van der Waals surface area (Å²) in [6.07, 6.45) is 0. The summed E-state index contributed by atoms with van der Waals surface area (Å²) in [5, 5.41) is 3.75. The van der Waals surface area contributed by atoms with Gasteiger partial charge in [0.2, 0.25) is 0 Å². The van der Waals surface area contributed by atoms with Crippen LogP contribution in [0.4, 0.5) is 11.4 Å². The van der Waals surface area contributed by atoms with Gasteiger partial charge in [0.25, 0.3) is 5.91 Å². The Labute approximate surface area is 143 Å². The average molecular weight is 360 g/mol. The Morgan fingerprint density at radius 1 is 1.14 bits per heavy atom. The summed E-state index contributed by atoms with van der Waals surface area (Å²) in [6, 6.07) is 6.23. The van der Waals surface area contributed by atoms with Gasteiger partial charge in [0.05, 0.1) is 29.1 Å². The van der Waals surface area contributed by atoms with Crippen molar-refractivity contribution in [2.75, 3.05) is 18.2 Å². The minimum Gasteiger partial charge on any atom is -0.494 e. The second kappa shape index (κ2) is 6.65. The zero-order valence-electron chi connectivity index (χ0n) is 11.8. The molecule has 116 valence electrons. The third-order valence-corrected chi connectivity index (χ3v) is 3.94. The molecule has 0 fully saturated rings. The van der Waals surface area contributed by atoms with Gasteiger partial charge in [-0.15, -0.1) is 0 Å². The SMILES string of the molecule is COc1c(Cl)cc(Cl)cc1C(=O)Nc1cc(Cl)c(C)cc1N. The van der Waals surface area contributed by atoms with E-state index in [1.54, 1.807) is 12.1 Å². The highest BCUT2D eigenvalue weighted by atomic mass is 35.5. The lowest BCUT2D eigenvalue weighted by atomic mass is 10.1. The van der Waals surface area contributed by atoms with E-state index in [9.17, 15) is 4.79 Å². The molecular weight excluding hydrogens is 347 g/mol. The number of nitrogens with two attached hydrogens (primary N) is 1. The number of carbonyl (C=O) groups excluding carboxylic acids is 1. The number of halogens is 3. The summed E-state index contributed by atoms with van der Waals surface area (Å²) in [5.74, 6) is -0.215. The van der Waals surface area contributed by atoms with Crippen molar-refractivity contribution in [2.45, 2.75) is 6.92 Å². The van der Waals surface area contributed by atoms with Crippen molar-refractivity contribution in [2.24, 2.45) is 0 Å². The molecule has 0 aliphatic heterocycles. The third-order valence-electron chi connectivity index (χ3n) is 3.04. The van der Waals surface area contributed by atoms with Gasteiger partial charge < -0.3 is 15.8 Å². The Morgan fingerprint density at radius 2 is 1.82 bits per heavy atom. The second-order valence-electron chi connectivity index (χ2n) is 4.61. The van der Waals surface area contributed by atoms with Gasteiger partial charge in [0.15, 0.2) is 0 Å². The van der Waals surface area contributed by atoms with Crippen molar-refractivity contribution in [3.8, 4) is 5.75 Å². The smallest absolute Gasteiger partial charge is 0.259 e. The number of nitrogens with one attached hydrogen (secondary N) is 1. The molecule has 1 amide bonds. The van der Waals surface area contributed by atoms with Crippen molar-refractivity contribution < 1.29 is 9.53 Å². The topological polar surface area (TPSA) is 64.3 Å². The number of amides is 1.